The Hall–Kier alpha value is -0.790. The van der Waals surface area contributed by atoms with Gasteiger partial charge in [0.15, 0.2) is 0 Å². The molecule has 0 atom stereocenters. The molecule has 0 aliphatic rings. The van der Waals surface area contributed by atoms with E-state index in [9.17, 15) is 4.79 Å². The zero-order valence-electron chi connectivity index (χ0n) is 8.71. The molecule has 0 aliphatic heterocycles. The first-order chi connectivity index (χ1) is 6.31. The maximum atomic E-state index is 10.9. The molecule has 2 heteroatoms. The molecule has 0 N–H and O–H groups in total. The molecule has 13 heavy (non-hydrogen) atoms. The summed E-state index contributed by atoms with van der Waals surface area (Å²) >= 11 is 0. The number of carbonyl (C=O) groups is 1. The monoisotopic (exact) mass is 184 g/mol. The highest BCUT2D eigenvalue weighted by atomic mass is 16.5. The summed E-state index contributed by atoms with van der Waals surface area (Å²) in [6.07, 6.45) is 8.88. The molecule has 76 valence electrons. The molecule has 0 aliphatic carbocycles. The maximum Gasteiger partial charge on any atom is 0.306 e. The lowest BCUT2D eigenvalue weighted by molar-refractivity contribution is -0.142. The number of allylic oxidation sites excluding steroid dienone is 1. The second-order valence-corrected chi connectivity index (χ2v) is 3.05. The number of unbranched alkanes of at least 4 members (excludes halogenated alkanes) is 2. The normalized spacial score (nSPS) is 10.6. The van der Waals surface area contributed by atoms with Gasteiger partial charge in [0, 0.05) is 6.42 Å². The van der Waals surface area contributed by atoms with Crippen LogP contribution >= 0.6 is 0 Å². The van der Waals surface area contributed by atoms with Crippen LogP contribution in [-0.4, -0.2) is 12.6 Å². The fraction of sp³-hybridized carbons (Fsp3) is 0.727. The van der Waals surface area contributed by atoms with Gasteiger partial charge >= 0.3 is 5.97 Å². The van der Waals surface area contributed by atoms with E-state index in [1.807, 2.05) is 13.0 Å². The van der Waals surface area contributed by atoms with E-state index in [4.69, 9.17) is 4.74 Å². The molecule has 0 saturated heterocycles. The van der Waals surface area contributed by atoms with Crippen molar-refractivity contribution >= 4 is 5.97 Å². The SMILES string of the molecule is CCCCC=CCOC(=O)CCC. The molecule has 0 aromatic heterocycles. The van der Waals surface area contributed by atoms with Crippen molar-refractivity contribution in [3.8, 4) is 0 Å². The van der Waals surface area contributed by atoms with Gasteiger partial charge in [0.05, 0.1) is 0 Å². The Bertz CT molecular complexity index is 150. The summed E-state index contributed by atoms with van der Waals surface area (Å²) in [7, 11) is 0. The van der Waals surface area contributed by atoms with Gasteiger partial charge in [-0.05, 0) is 12.8 Å². The molecular formula is C11H20O2. The lowest BCUT2D eigenvalue weighted by Crippen LogP contribution is -2.02. The molecule has 2 nitrogen and oxygen atoms in total. The zero-order chi connectivity index (χ0) is 9.94. The Kier molecular flexibility index (Phi) is 8.73. The van der Waals surface area contributed by atoms with Gasteiger partial charge in [-0.3, -0.25) is 4.79 Å². The lowest BCUT2D eigenvalue weighted by Gasteiger charge is -1.98. The van der Waals surface area contributed by atoms with Crippen molar-refractivity contribution in [2.75, 3.05) is 6.61 Å². The molecular weight excluding hydrogens is 164 g/mol. The van der Waals surface area contributed by atoms with Crippen LogP contribution in [0.4, 0.5) is 0 Å². The third-order valence-electron chi connectivity index (χ3n) is 1.69. The average Bonchev–Trinajstić information content (AvgIpc) is 2.11. The van der Waals surface area contributed by atoms with Crippen LogP contribution in [0, 0.1) is 0 Å². The average molecular weight is 184 g/mol. The molecule has 0 fully saturated rings. The van der Waals surface area contributed by atoms with E-state index in [1.165, 1.54) is 12.8 Å². The number of esters is 1. The van der Waals surface area contributed by atoms with Crippen LogP contribution in [0.3, 0.4) is 0 Å². The Morgan fingerprint density at radius 1 is 1.23 bits per heavy atom. The van der Waals surface area contributed by atoms with Crippen LogP contribution in [0.25, 0.3) is 0 Å². The van der Waals surface area contributed by atoms with Crippen molar-refractivity contribution in [1.82, 2.24) is 0 Å². The highest BCUT2D eigenvalue weighted by Crippen LogP contribution is 1.95. The Balaban J connectivity index is 3.23. The summed E-state index contributed by atoms with van der Waals surface area (Å²) in [6.45, 7) is 4.57. The molecule has 0 spiro atoms. The summed E-state index contributed by atoms with van der Waals surface area (Å²) in [5.41, 5.74) is 0. The first kappa shape index (κ1) is 12.2. The molecule has 0 rings (SSSR count). The van der Waals surface area contributed by atoms with Gasteiger partial charge < -0.3 is 4.74 Å². The molecule has 0 heterocycles. The van der Waals surface area contributed by atoms with Crippen molar-refractivity contribution in [2.45, 2.75) is 46.0 Å². The minimum atomic E-state index is -0.0948. The van der Waals surface area contributed by atoms with E-state index in [-0.39, 0.29) is 5.97 Å². The van der Waals surface area contributed by atoms with E-state index in [0.29, 0.717) is 13.0 Å². The third kappa shape index (κ3) is 9.12. The highest BCUT2D eigenvalue weighted by Gasteiger charge is 1.96. The van der Waals surface area contributed by atoms with Crippen LogP contribution < -0.4 is 0 Å². The van der Waals surface area contributed by atoms with Gasteiger partial charge in [-0.2, -0.15) is 0 Å². The lowest BCUT2D eigenvalue weighted by atomic mass is 10.2. The van der Waals surface area contributed by atoms with E-state index in [1.54, 1.807) is 0 Å². The van der Waals surface area contributed by atoms with Crippen molar-refractivity contribution in [3.63, 3.8) is 0 Å². The minimum absolute atomic E-state index is 0.0948. The molecule has 0 radical (unpaired) electrons. The largest absolute Gasteiger partial charge is 0.461 e. The van der Waals surface area contributed by atoms with Crippen molar-refractivity contribution in [1.29, 1.82) is 0 Å². The molecule has 0 saturated carbocycles. The predicted octanol–water partition coefficient (Wildman–Crippen LogP) is 3.08. The van der Waals surface area contributed by atoms with Gasteiger partial charge in [0.25, 0.3) is 0 Å². The van der Waals surface area contributed by atoms with E-state index in [2.05, 4.69) is 13.0 Å². The van der Waals surface area contributed by atoms with E-state index >= 15 is 0 Å². The third-order valence-corrected chi connectivity index (χ3v) is 1.69. The summed E-state index contributed by atoms with van der Waals surface area (Å²) < 4.78 is 4.94. The molecule has 0 aromatic rings. The molecule has 0 bridgehead atoms. The number of ether oxygens (including phenoxy) is 1. The number of hydrogen-bond donors (Lipinski definition) is 0. The standard InChI is InChI=1S/C11H20O2/c1-3-5-6-7-8-10-13-11(12)9-4-2/h7-8H,3-6,9-10H2,1-2H3. The zero-order valence-corrected chi connectivity index (χ0v) is 8.71. The van der Waals surface area contributed by atoms with Gasteiger partial charge in [-0.1, -0.05) is 38.8 Å². The first-order valence-corrected chi connectivity index (χ1v) is 5.11. The van der Waals surface area contributed by atoms with Crippen LogP contribution in [0.2, 0.25) is 0 Å². The van der Waals surface area contributed by atoms with Crippen LogP contribution in [0.5, 0.6) is 0 Å². The van der Waals surface area contributed by atoms with Gasteiger partial charge in [0.2, 0.25) is 0 Å². The van der Waals surface area contributed by atoms with Gasteiger partial charge in [-0.15, -0.1) is 0 Å². The van der Waals surface area contributed by atoms with E-state index < -0.39 is 0 Å². The fourth-order valence-corrected chi connectivity index (χ4v) is 0.925. The predicted molar refractivity (Wildman–Crippen MR) is 54.5 cm³/mol. The minimum Gasteiger partial charge on any atom is -0.461 e. The summed E-state index contributed by atoms with van der Waals surface area (Å²) in [5.74, 6) is -0.0948. The second kappa shape index (κ2) is 9.30. The number of rotatable bonds is 7. The highest BCUT2D eigenvalue weighted by molar-refractivity contribution is 5.69. The smallest absolute Gasteiger partial charge is 0.306 e. The maximum absolute atomic E-state index is 10.9. The van der Waals surface area contributed by atoms with Crippen molar-refractivity contribution in [2.24, 2.45) is 0 Å². The molecule has 0 aromatic carbocycles. The van der Waals surface area contributed by atoms with Crippen LogP contribution in [-0.2, 0) is 9.53 Å². The van der Waals surface area contributed by atoms with Crippen LogP contribution in [0.1, 0.15) is 46.0 Å². The quantitative estimate of drug-likeness (QED) is 0.345. The summed E-state index contributed by atoms with van der Waals surface area (Å²) in [5, 5.41) is 0. The second-order valence-electron chi connectivity index (χ2n) is 3.05. The topological polar surface area (TPSA) is 26.3 Å². The first-order valence-electron chi connectivity index (χ1n) is 5.11. The Labute approximate surface area is 81.0 Å². The van der Waals surface area contributed by atoms with Crippen LogP contribution in [0.15, 0.2) is 12.2 Å². The summed E-state index contributed by atoms with van der Waals surface area (Å²) in [4.78, 5) is 10.9. The number of carbonyl (C=O) groups excluding carboxylic acids is 1. The van der Waals surface area contributed by atoms with E-state index in [0.717, 1.165) is 12.8 Å². The fourth-order valence-electron chi connectivity index (χ4n) is 0.925. The van der Waals surface area contributed by atoms with Crippen molar-refractivity contribution in [3.05, 3.63) is 12.2 Å². The van der Waals surface area contributed by atoms with Gasteiger partial charge in [-0.25, -0.2) is 0 Å². The molecule has 0 unspecified atom stereocenters. The van der Waals surface area contributed by atoms with Crippen molar-refractivity contribution < 1.29 is 9.53 Å². The number of hydrogen-bond acceptors (Lipinski definition) is 2. The Morgan fingerprint density at radius 3 is 2.62 bits per heavy atom. The summed E-state index contributed by atoms with van der Waals surface area (Å²) in [6, 6.07) is 0. The Morgan fingerprint density at radius 2 is 2.00 bits per heavy atom. The molecule has 0 amide bonds. The van der Waals surface area contributed by atoms with Gasteiger partial charge in [0.1, 0.15) is 6.61 Å².